The van der Waals surface area contributed by atoms with Crippen LogP contribution in [-0.2, 0) is 7.05 Å². The van der Waals surface area contributed by atoms with Crippen LogP contribution in [0.25, 0.3) is 0 Å². The van der Waals surface area contributed by atoms with Gasteiger partial charge in [-0.1, -0.05) is 0 Å². The summed E-state index contributed by atoms with van der Waals surface area (Å²) in [5.74, 6) is 1.95. The zero-order chi connectivity index (χ0) is 7.14. The van der Waals surface area contributed by atoms with Gasteiger partial charge in [0.15, 0.2) is 0 Å². The summed E-state index contributed by atoms with van der Waals surface area (Å²) in [7, 11) is 2.09. The van der Waals surface area contributed by atoms with Gasteiger partial charge in [0.25, 0.3) is 0 Å². The van der Waals surface area contributed by atoms with Crippen LogP contribution in [0.4, 0.5) is 0 Å². The summed E-state index contributed by atoms with van der Waals surface area (Å²) in [6.07, 6.45) is 4.73. The Morgan fingerprint density at radius 3 is 2.70 bits per heavy atom. The van der Waals surface area contributed by atoms with Crippen molar-refractivity contribution >= 4 is 0 Å². The van der Waals surface area contributed by atoms with Crippen LogP contribution in [0.5, 0.6) is 0 Å². The third kappa shape index (κ3) is 0.753. The molecule has 1 aromatic rings. The van der Waals surface area contributed by atoms with Crippen LogP contribution in [0, 0.1) is 6.92 Å². The number of imidazole rings is 1. The van der Waals surface area contributed by atoms with Crippen LogP contribution in [-0.4, -0.2) is 9.55 Å². The lowest BCUT2D eigenvalue weighted by Gasteiger charge is -1.99. The lowest BCUT2D eigenvalue weighted by atomic mass is 10.3. The van der Waals surface area contributed by atoms with Gasteiger partial charge in [-0.05, 0) is 19.8 Å². The van der Waals surface area contributed by atoms with Crippen molar-refractivity contribution in [1.82, 2.24) is 9.55 Å². The molecule has 0 atom stereocenters. The first-order valence-corrected chi connectivity index (χ1v) is 3.77. The van der Waals surface area contributed by atoms with E-state index in [1.165, 1.54) is 18.5 Å². The van der Waals surface area contributed by atoms with Crippen molar-refractivity contribution in [3.8, 4) is 0 Å². The molecule has 0 unspecified atom stereocenters. The first kappa shape index (κ1) is 5.96. The lowest BCUT2D eigenvalue weighted by molar-refractivity contribution is 0.792. The lowest BCUT2D eigenvalue weighted by Crippen LogP contribution is -1.95. The second kappa shape index (κ2) is 1.84. The van der Waals surface area contributed by atoms with E-state index in [-0.39, 0.29) is 0 Å². The van der Waals surface area contributed by atoms with Crippen LogP contribution < -0.4 is 0 Å². The predicted molar refractivity (Wildman–Crippen MR) is 39.9 cm³/mol. The molecule has 0 aliphatic heterocycles. The fourth-order valence-corrected chi connectivity index (χ4v) is 1.28. The highest BCUT2D eigenvalue weighted by Crippen LogP contribution is 2.39. The van der Waals surface area contributed by atoms with Gasteiger partial charge in [-0.25, -0.2) is 4.98 Å². The Hall–Kier alpha value is -0.790. The maximum Gasteiger partial charge on any atom is 0.105 e. The molecule has 0 N–H and O–H groups in total. The van der Waals surface area contributed by atoms with Gasteiger partial charge >= 0.3 is 0 Å². The first-order valence-electron chi connectivity index (χ1n) is 3.77. The SMILES string of the molecule is Cc1ncc(C2CC2)n1C. The molecule has 54 valence electrons. The van der Waals surface area contributed by atoms with Gasteiger partial charge in [0.2, 0.25) is 0 Å². The topological polar surface area (TPSA) is 17.8 Å². The van der Waals surface area contributed by atoms with E-state index >= 15 is 0 Å². The van der Waals surface area contributed by atoms with Crippen LogP contribution in [0.1, 0.15) is 30.3 Å². The van der Waals surface area contributed by atoms with Crippen molar-refractivity contribution < 1.29 is 0 Å². The van der Waals surface area contributed by atoms with Crippen molar-refractivity contribution in [2.75, 3.05) is 0 Å². The van der Waals surface area contributed by atoms with Crippen molar-refractivity contribution in [3.05, 3.63) is 17.7 Å². The Labute approximate surface area is 60.9 Å². The molecule has 1 fully saturated rings. The first-order chi connectivity index (χ1) is 4.79. The van der Waals surface area contributed by atoms with Crippen LogP contribution in [0.3, 0.4) is 0 Å². The quantitative estimate of drug-likeness (QED) is 0.573. The average Bonchev–Trinajstić information content (AvgIpc) is 2.67. The molecule has 2 rings (SSSR count). The van der Waals surface area contributed by atoms with Crippen molar-refractivity contribution in [2.45, 2.75) is 25.7 Å². The molecule has 1 saturated carbocycles. The molecule has 1 heterocycles. The fourth-order valence-electron chi connectivity index (χ4n) is 1.28. The second-order valence-electron chi connectivity index (χ2n) is 3.06. The fraction of sp³-hybridized carbons (Fsp3) is 0.625. The Kier molecular flexibility index (Phi) is 1.10. The van der Waals surface area contributed by atoms with Gasteiger partial charge in [0.1, 0.15) is 5.82 Å². The molecule has 0 saturated heterocycles. The molecule has 1 aliphatic rings. The van der Waals surface area contributed by atoms with E-state index in [9.17, 15) is 0 Å². The molecule has 1 aromatic heterocycles. The maximum absolute atomic E-state index is 4.24. The third-order valence-corrected chi connectivity index (χ3v) is 2.25. The molecule has 1 aliphatic carbocycles. The molecule has 2 nitrogen and oxygen atoms in total. The number of hydrogen-bond donors (Lipinski definition) is 0. The Morgan fingerprint density at radius 1 is 1.60 bits per heavy atom. The zero-order valence-electron chi connectivity index (χ0n) is 6.46. The highest BCUT2D eigenvalue weighted by atomic mass is 15.1. The Morgan fingerprint density at radius 2 is 2.30 bits per heavy atom. The normalized spacial score (nSPS) is 17.8. The molecule has 0 bridgehead atoms. The highest BCUT2D eigenvalue weighted by Gasteiger charge is 2.26. The van der Waals surface area contributed by atoms with E-state index in [0.29, 0.717) is 0 Å². The molecule has 0 radical (unpaired) electrons. The van der Waals surface area contributed by atoms with Crippen molar-refractivity contribution in [1.29, 1.82) is 0 Å². The number of rotatable bonds is 1. The molecule has 0 amide bonds. The minimum Gasteiger partial charge on any atom is -0.335 e. The van der Waals surface area contributed by atoms with E-state index in [4.69, 9.17) is 0 Å². The summed E-state index contributed by atoms with van der Waals surface area (Å²) in [4.78, 5) is 4.24. The molecular formula is C8H12N2. The number of aromatic nitrogens is 2. The van der Waals surface area contributed by atoms with Gasteiger partial charge in [-0.2, -0.15) is 0 Å². The van der Waals surface area contributed by atoms with E-state index in [1.54, 1.807) is 0 Å². The predicted octanol–water partition coefficient (Wildman–Crippen LogP) is 1.61. The van der Waals surface area contributed by atoms with E-state index in [0.717, 1.165) is 11.7 Å². The standard InChI is InChI=1S/C8H12N2/c1-6-9-5-8(10(6)2)7-3-4-7/h5,7H,3-4H2,1-2H3. The summed E-state index contributed by atoms with van der Waals surface area (Å²) in [6.45, 7) is 2.05. The summed E-state index contributed by atoms with van der Waals surface area (Å²) >= 11 is 0. The maximum atomic E-state index is 4.24. The Bertz CT molecular complexity index is 246. The number of nitrogens with zero attached hydrogens (tertiary/aromatic N) is 2. The van der Waals surface area contributed by atoms with E-state index in [1.807, 2.05) is 13.1 Å². The van der Waals surface area contributed by atoms with Crippen LogP contribution in [0.2, 0.25) is 0 Å². The van der Waals surface area contributed by atoms with Gasteiger partial charge in [0.05, 0.1) is 0 Å². The van der Waals surface area contributed by atoms with Crippen LogP contribution >= 0.6 is 0 Å². The molecule has 2 heteroatoms. The van der Waals surface area contributed by atoms with Gasteiger partial charge < -0.3 is 4.57 Å². The minimum atomic E-state index is 0.825. The molecule has 10 heavy (non-hydrogen) atoms. The largest absolute Gasteiger partial charge is 0.335 e. The molecular weight excluding hydrogens is 124 g/mol. The highest BCUT2D eigenvalue weighted by molar-refractivity contribution is 5.14. The Balaban J connectivity index is 2.40. The van der Waals surface area contributed by atoms with Crippen LogP contribution in [0.15, 0.2) is 6.20 Å². The van der Waals surface area contributed by atoms with E-state index in [2.05, 4.69) is 16.6 Å². The molecule has 0 aromatic carbocycles. The summed E-state index contributed by atoms with van der Waals surface area (Å²) in [5.41, 5.74) is 1.41. The van der Waals surface area contributed by atoms with Gasteiger partial charge in [-0.15, -0.1) is 0 Å². The average molecular weight is 136 g/mol. The second-order valence-corrected chi connectivity index (χ2v) is 3.06. The summed E-state index contributed by atoms with van der Waals surface area (Å²) < 4.78 is 2.19. The number of aryl methyl sites for hydroxylation is 1. The summed E-state index contributed by atoms with van der Waals surface area (Å²) in [5, 5.41) is 0. The number of hydrogen-bond acceptors (Lipinski definition) is 1. The van der Waals surface area contributed by atoms with Gasteiger partial charge in [-0.3, -0.25) is 0 Å². The molecule has 0 spiro atoms. The van der Waals surface area contributed by atoms with Crippen molar-refractivity contribution in [3.63, 3.8) is 0 Å². The van der Waals surface area contributed by atoms with Gasteiger partial charge in [0, 0.05) is 24.9 Å². The van der Waals surface area contributed by atoms with E-state index < -0.39 is 0 Å². The smallest absolute Gasteiger partial charge is 0.105 e. The zero-order valence-corrected chi connectivity index (χ0v) is 6.46. The minimum absolute atomic E-state index is 0.825. The summed E-state index contributed by atoms with van der Waals surface area (Å²) in [6, 6.07) is 0. The third-order valence-electron chi connectivity index (χ3n) is 2.25. The van der Waals surface area contributed by atoms with Crippen molar-refractivity contribution in [2.24, 2.45) is 7.05 Å². The monoisotopic (exact) mass is 136 g/mol.